The van der Waals surface area contributed by atoms with Crippen molar-refractivity contribution in [2.24, 2.45) is 0 Å². The minimum Gasteiger partial charge on any atom is -0.504 e. The third kappa shape index (κ3) is 2.28. The summed E-state index contributed by atoms with van der Waals surface area (Å²) in [5, 5.41) is 18.6. The van der Waals surface area contributed by atoms with Gasteiger partial charge in [0.25, 0.3) is 0 Å². The van der Waals surface area contributed by atoms with Crippen molar-refractivity contribution in [2.75, 3.05) is 0 Å². The highest BCUT2D eigenvalue weighted by Gasteiger charge is 2.04. The monoisotopic (exact) mass is 228 g/mol. The molecule has 0 aliphatic rings. The Labute approximate surface area is 99.0 Å². The summed E-state index contributed by atoms with van der Waals surface area (Å²) in [6, 6.07) is 11.7. The smallest absolute Gasteiger partial charge is 0.159 e. The number of Topliss-reactive ketones (excluding diaryl/α,β-unsaturated/α-hetero) is 1. The van der Waals surface area contributed by atoms with Crippen molar-refractivity contribution in [3.63, 3.8) is 0 Å². The SMILES string of the molecule is CC(=O)c1ccc(-c2ccc(O)c(O)c2)cc1. The first-order valence-electron chi connectivity index (χ1n) is 5.21. The van der Waals surface area contributed by atoms with Crippen molar-refractivity contribution in [1.29, 1.82) is 0 Å². The molecule has 0 saturated carbocycles. The second-order valence-corrected chi connectivity index (χ2v) is 3.84. The average molecular weight is 228 g/mol. The number of carbonyl (C=O) groups excluding carboxylic acids is 1. The highest BCUT2D eigenvalue weighted by atomic mass is 16.3. The lowest BCUT2D eigenvalue weighted by atomic mass is 10.0. The third-order valence-corrected chi connectivity index (χ3v) is 2.60. The van der Waals surface area contributed by atoms with Gasteiger partial charge in [-0.25, -0.2) is 0 Å². The van der Waals surface area contributed by atoms with Crippen LogP contribution in [0.5, 0.6) is 11.5 Å². The van der Waals surface area contributed by atoms with E-state index < -0.39 is 0 Å². The number of carbonyl (C=O) groups is 1. The number of aromatic hydroxyl groups is 2. The van der Waals surface area contributed by atoms with Gasteiger partial charge in [-0.1, -0.05) is 30.3 Å². The van der Waals surface area contributed by atoms with Gasteiger partial charge in [-0.15, -0.1) is 0 Å². The Balaban J connectivity index is 2.39. The summed E-state index contributed by atoms with van der Waals surface area (Å²) in [6.07, 6.45) is 0. The molecule has 17 heavy (non-hydrogen) atoms. The number of phenols is 2. The molecule has 3 heteroatoms. The van der Waals surface area contributed by atoms with Crippen LogP contribution < -0.4 is 0 Å². The Morgan fingerprint density at radius 2 is 1.47 bits per heavy atom. The Kier molecular flexibility index (Phi) is 2.83. The third-order valence-electron chi connectivity index (χ3n) is 2.60. The normalized spacial score (nSPS) is 10.2. The molecular weight excluding hydrogens is 216 g/mol. The molecule has 2 N–H and O–H groups in total. The number of benzene rings is 2. The molecule has 0 atom stereocenters. The lowest BCUT2D eigenvalue weighted by Crippen LogP contribution is -1.90. The van der Waals surface area contributed by atoms with Crippen LogP contribution in [0.25, 0.3) is 11.1 Å². The second-order valence-electron chi connectivity index (χ2n) is 3.84. The molecule has 0 amide bonds. The molecule has 86 valence electrons. The van der Waals surface area contributed by atoms with E-state index in [0.717, 1.165) is 11.1 Å². The van der Waals surface area contributed by atoms with Gasteiger partial charge in [-0.2, -0.15) is 0 Å². The zero-order valence-electron chi connectivity index (χ0n) is 9.34. The Bertz CT molecular complexity index is 556. The minimum atomic E-state index is -0.154. The Hall–Kier alpha value is -2.29. The molecule has 0 spiro atoms. The molecule has 0 bridgehead atoms. The van der Waals surface area contributed by atoms with Crippen LogP contribution in [0.3, 0.4) is 0 Å². The van der Waals surface area contributed by atoms with Crippen molar-refractivity contribution in [2.45, 2.75) is 6.92 Å². The number of ketones is 1. The molecule has 3 nitrogen and oxygen atoms in total. The van der Waals surface area contributed by atoms with Crippen LogP contribution in [-0.4, -0.2) is 16.0 Å². The van der Waals surface area contributed by atoms with Gasteiger partial charge in [0.1, 0.15) is 0 Å². The summed E-state index contributed by atoms with van der Waals surface area (Å²) in [4.78, 5) is 11.1. The van der Waals surface area contributed by atoms with Crippen LogP contribution in [0.4, 0.5) is 0 Å². The van der Waals surface area contributed by atoms with Gasteiger partial charge >= 0.3 is 0 Å². The quantitative estimate of drug-likeness (QED) is 0.613. The first-order chi connectivity index (χ1) is 8.08. The van der Waals surface area contributed by atoms with Crippen LogP contribution in [0, 0.1) is 0 Å². The van der Waals surface area contributed by atoms with Crippen LogP contribution >= 0.6 is 0 Å². The van der Waals surface area contributed by atoms with Gasteiger partial charge < -0.3 is 10.2 Å². The Morgan fingerprint density at radius 1 is 0.882 bits per heavy atom. The van der Waals surface area contributed by atoms with E-state index in [9.17, 15) is 15.0 Å². The lowest BCUT2D eigenvalue weighted by molar-refractivity contribution is 0.101. The van der Waals surface area contributed by atoms with E-state index in [-0.39, 0.29) is 17.3 Å². The van der Waals surface area contributed by atoms with Crippen molar-refractivity contribution >= 4 is 5.78 Å². The summed E-state index contributed by atoms with van der Waals surface area (Å²) >= 11 is 0. The molecule has 0 unspecified atom stereocenters. The standard InChI is InChI=1S/C14H12O3/c1-9(15)10-2-4-11(5-3-10)12-6-7-13(16)14(17)8-12/h2-8,16-17H,1H3. The van der Waals surface area contributed by atoms with Crippen molar-refractivity contribution in [3.05, 3.63) is 48.0 Å². The van der Waals surface area contributed by atoms with E-state index in [1.165, 1.54) is 19.1 Å². The molecule has 0 fully saturated rings. The molecule has 0 aromatic heterocycles. The molecule has 2 aromatic carbocycles. The maximum atomic E-state index is 11.1. The minimum absolute atomic E-state index is 0.0186. The largest absolute Gasteiger partial charge is 0.504 e. The van der Waals surface area contributed by atoms with Gasteiger partial charge in [0.05, 0.1) is 0 Å². The lowest BCUT2D eigenvalue weighted by Gasteiger charge is -2.04. The van der Waals surface area contributed by atoms with Gasteiger partial charge in [-0.05, 0) is 30.2 Å². The maximum Gasteiger partial charge on any atom is 0.159 e. The van der Waals surface area contributed by atoms with E-state index in [2.05, 4.69) is 0 Å². The fourth-order valence-corrected chi connectivity index (χ4v) is 1.60. The van der Waals surface area contributed by atoms with Crippen LogP contribution in [0.2, 0.25) is 0 Å². The van der Waals surface area contributed by atoms with Crippen LogP contribution in [-0.2, 0) is 0 Å². The van der Waals surface area contributed by atoms with Crippen molar-refractivity contribution < 1.29 is 15.0 Å². The van der Waals surface area contributed by atoms with Gasteiger partial charge in [0.2, 0.25) is 0 Å². The molecule has 0 saturated heterocycles. The van der Waals surface area contributed by atoms with Gasteiger partial charge in [0, 0.05) is 5.56 Å². The molecule has 2 aromatic rings. The average Bonchev–Trinajstić information content (AvgIpc) is 2.33. The predicted molar refractivity (Wildman–Crippen MR) is 65.2 cm³/mol. The van der Waals surface area contributed by atoms with E-state index in [4.69, 9.17) is 0 Å². The van der Waals surface area contributed by atoms with E-state index >= 15 is 0 Å². The molecule has 2 rings (SSSR count). The highest BCUT2D eigenvalue weighted by Crippen LogP contribution is 2.30. The maximum absolute atomic E-state index is 11.1. The van der Waals surface area contributed by atoms with E-state index in [1.807, 2.05) is 12.1 Å². The number of rotatable bonds is 2. The van der Waals surface area contributed by atoms with E-state index in [0.29, 0.717) is 5.56 Å². The molecule has 0 aliphatic heterocycles. The first kappa shape index (κ1) is 11.2. The topological polar surface area (TPSA) is 57.5 Å². The molecular formula is C14H12O3. The van der Waals surface area contributed by atoms with E-state index in [1.54, 1.807) is 18.2 Å². The molecule has 0 aliphatic carbocycles. The van der Waals surface area contributed by atoms with Crippen molar-refractivity contribution in [1.82, 2.24) is 0 Å². The van der Waals surface area contributed by atoms with Crippen LogP contribution in [0.15, 0.2) is 42.5 Å². The summed E-state index contributed by atoms with van der Waals surface area (Å²) in [6.45, 7) is 1.52. The molecule has 0 heterocycles. The predicted octanol–water partition coefficient (Wildman–Crippen LogP) is 2.97. The van der Waals surface area contributed by atoms with Crippen LogP contribution in [0.1, 0.15) is 17.3 Å². The first-order valence-corrected chi connectivity index (χ1v) is 5.21. The Morgan fingerprint density at radius 3 is 2.00 bits per heavy atom. The highest BCUT2D eigenvalue weighted by molar-refractivity contribution is 5.94. The fourth-order valence-electron chi connectivity index (χ4n) is 1.60. The fraction of sp³-hybridized carbons (Fsp3) is 0.0714. The summed E-state index contributed by atoms with van der Waals surface area (Å²) in [7, 11) is 0. The number of hydrogen-bond donors (Lipinski definition) is 2. The molecule has 0 radical (unpaired) electrons. The summed E-state index contributed by atoms with van der Waals surface area (Å²) < 4.78 is 0. The zero-order chi connectivity index (χ0) is 12.4. The van der Waals surface area contributed by atoms with Crippen molar-refractivity contribution in [3.8, 4) is 22.6 Å². The van der Waals surface area contributed by atoms with Gasteiger partial charge in [-0.3, -0.25) is 4.79 Å². The van der Waals surface area contributed by atoms with Gasteiger partial charge in [0.15, 0.2) is 17.3 Å². The second kappa shape index (κ2) is 4.29. The summed E-state index contributed by atoms with van der Waals surface area (Å²) in [5.74, 6) is -0.280. The number of hydrogen-bond acceptors (Lipinski definition) is 3. The summed E-state index contributed by atoms with van der Waals surface area (Å²) in [5.41, 5.74) is 2.32. The number of phenolic OH excluding ortho intramolecular Hbond substituents is 2. The zero-order valence-corrected chi connectivity index (χ0v) is 9.34.